The average molecular weight is 315 g/mol. The fraction of sp³-hybridized carbons (Fsp3) is 0.571. The topological polar surface area (TPSA) is 15.3 Å². The molecule has 0 saturated carbocycles. The van der Waals surface area contributed by atoms with Gasteiger partial charge in [-0.2, -0.15) is 0 Å². The molecule has 0 spiro atoms. The molecular formula is C14H20BrFN2. The van der Waals surface area contributed by atoms with Gasteiger partial charge in [-0.3, -0.25) is 0 Å². The highest BCUT2D eigenvalue weighted by Gasteiger charge is 2.27. The molecule has 18 heavy (non-hydrogen) atoms. The van der Waals surface area contributed by atoms with Gasteiger partial charge in [0.05, 0.1) is 4.47 Å². The Bertz CT molecular complexity index is 422. The molecule has 1 aliphatic rings. The number of halogens is 2. The standard InChI is InChI=1S/C14H20BrFN2/c1-9(2)14-8-18(10(3)7-17-14)11-4-5-13(16)12(15)6-11/h4-6,9-10,14,17H,7-8H2,1-3H3. The zero-order valence-corrected chi connectivity index (χ0v) is 12.7. The summed E-state index contributed by atoms with van der Waals surface area (Å²) in [7, 11) is 0. The number of nitrogens with one attached hydrogen (secondary N) is 1. The number of hydrogen-bond acceptors (Lipinski definition) is 2. The molecule has 1 aromatic carbocycles. The maximum atomic E-state index is 13.3. The predicted molar refractivity (Wildman–Crippen MR) is 77.5 cm³/mol. The van der Waals surface area contributed by atoms with E-state index in [1.54, 1.807) is 0 Å². The summed E-state index contributed by atoms with van der Waals surface area (Å²) < 4.78 is 13.8. The molecule has 2 nitrogen and oxygen atoms in total. The van der Waals surface area contributed by atoms with Crippen molar-refractivity contribution in [3.63, 3.8) is 0 Å². The first-order valence-electron chi connectivity index (χ1n) is 6.44. The van der Waals surface area contributed by atoms with Crippen LogP contribution in [0.3, 0.4) is 0 Å². The molecule has 100 valence electrons. The highest BCUT2D eigenvalue weighted by molar-refractivity contribution is 9.10. The van der Waals surface area contributed by atoms with E-state index in [0.717, 1.165) is 18.8 Å². The Kier molecular flexibility index (Phi) is 4.28. The second-order valence-electron chi connectivity index (χ2n) is 5.36. The molecule has 1 fully saturated rings. The van der Waals surface area contributed by atoms with Crippen molar-refractivity contribution in [3.8, 4) is 0 Å². The summed E-state index contributed by atoms with van der Waals surface area (Å²) in [5.74, 6) is 0.394. The van der Waals surface area contributed by atoms with Gasteiger partial charge in [0.15, 0.2) is 0 Å². The molecule has 0 aromatic heterocycles. The molecule has 1 saturated heterocycles. The van der Waals surface area contributed by atoms with Crippen molar-refractivity contribution in [2.75, 3.05) is 18.0 Å². The van der Waals surface area contributed by atoms with Gasteiger partial charge in [-0.1, -0.05) is 13.8 Å². The second-order valence-corrected chi connectivity index (χ2v) is 6.21. The van der Waals surface area contributed by atoms with Crippen LogP contribution in [-0.4, -0.2) is 25.2 Å². The zero-order chi connectivity index (χ0) is 13.3. The van der Waals surface area contributed by atoms with E-state index in [1.807, 2.05) is 12.1 Å². The summed E-state index contributed by atoms with van der Waals surface area (Å²) in [5.41, 5.74) is 1.09. The van der Waals surface area contributed by atoms with Crippen molar-refractivity contribution < 1.29 is 4.39 Å². The number of benzene rings is 1. The predicted octanol–water partition coefficient (Wildman–Crippen LogP) is 3.41. The normalized spacial score (nSPS) is 24.7. The van der Waals surface area contributed by atoms with E-state index >= 15 is 0 Å². The van der Waals surface area contributed by atoms with E-state index in [1.165, 1.54) is 6.07 Å². The molecule has 1 heterocycles. The van der Waals surface area contributed by atoms with Gasteiger partial charge in [-0.25, -0.2) is 4.39 Å². The summed E-state index contributed by atoms with van der Waals surface area (Å²) in [6.07, 6.45) is 0. The number of rotatable bonds is 2. The van der Waals surface area contributed by atoms with Crippen LogP contribution in [0.2, 0.25) is 0 Å². The van der Waals surface area contributed by atoms with Gasteiger partial charge in [0.25, 0.3) is 0 Å². The smallest absolute Gasteiger partial charge is 0.137 e. The fourth-order valence-electron chi connectivity index (χ4n) is 2.36. The average Bonchev–Trinajstić information content (AvgIpc) is 2.33. The van der Waals surface area contributed by atoms with Crippen LogP contribution in [0.25, 0.3) is 0 Å². The lowest BCUT2D eigenvalue weighted by molar-refractivity contribution is 0.337. The minimum absolute atomic E-state index is 0.207. The van der Waals surface area contributed by atoms with Crippen LogP contribution in [0.15, 0.2) is 22.7 Å². The van der Waals surface area contributed by atoms with Crippen LogP contribution >= 0.6 is 15.9 Å². The van der Waals surface area contributed by atoms with Crippen molar-refractivity contribution in [1.29, 1.82) is 0 Å². The van der Waals surface area contributed by atoms with Crippen molar-refractivity contribution in [2.45, 2.75) is 32.9 Å². The maximum absolute atomic E-state index is 13.3. The van der Waals surface area contributed by atoms with Crippen LogP contribution in [0.4, 0.5) is 10.1 Å². The quantitative estimate of drug-likeness (QED) is 0.900. The molecule has 0 aliphatic carbocycles. The Hall–Kier alpha value is -0.610. The van der Waals surface area contributed by atoms with Crippen molar-refractivity contribution in [1.82, 2.24) is 5.32 Å². The number of piperazine rings is 1. The summed E-state index contributed by atoms with van der Waals surface area (Å²) in [4.78, 5) is 2.35. The Labute approximate surface area is 117 Å². The van der Waals surface area contributed by atoms with E-state index in [4.69, 9.17) is 0 Å². The molecular weight excluding hydrogens is 295 g/mol. The number of anilines is 1. The molecule has 0 amide bonds. The van der Waals surface area contributed by atoms with Crippen molar-refractivity contribution >= 4 is 21.6 Å². The van der Waals surface area contributed by atoms with Crippen LogP contribution in [-0.2, 0) is 0 Å². The summed E-state index contributed by atoms with van der Waals surface area (Å²) in [6, 6.07) is 6.18. The van der Waals surface area contributed by atoms with Gasteiger partial charge in [0.1, 0.15) is 5.82 Å². The lowest BCUT2D eigenvalue weighted by Crippen LogP contribution is -2.57. The van der Waals surface area contributed by atoms with Crippen molar-refractivity contribution in [2.24, 2.45) is 5.92 Å². The summed E-state index contributed by atoms with van der Waals surface area (Å²) in [6.45, 7) is 8.59. The molecule has 0 bridgehead atoms. The molecule has 2 rings (SSSR count). The first-order chi connectivity index (χ1) is 8.49. The second kappa shape index (κ2) is 5.57. The minimum Gasteiger partial charge on any atom is -0.366 e. The summed E-state index contributed by atoms with van der Waals surface area (Å²) in [5, 5.41) is 3.57. The Morgan fingerprint density at radius 1 is 1.44 bits per heavy atom. The third-order valence-electron chi connectivity index (χ3n) is 3.64. The Balaban J connectivity index is 2.21. The monoisotopic (exact) mass is 314 g/mol. The molecule has 2 unspecified atom stereocenters. The fourth-order valence-corrected chi connectivity index (χ4v) is 2.73. The van der Waals surface area contributed by atoms with E-state index in [9.17, 15) is 4.39 Å². The van der Waals surface area contributed by atoms with E-state index < -0.39 is 0 Å². The third-order valence-corrected chi connectivity index (χ3v) is 4.25. The molecule has 1 N–H and O–H groups in total. The van der Waals surface area contributed by atoms with Gasteiger partial charge >= 0.3 is 0 Å². The van der Waals surface area contributed by atoms with Gasteiger partial charge in [0, 0.05) is 30.9 Å². The number of hydrogen-bond donors (Lipinski definition) is 1. The summed E-state index contributed by atoms with van der Waals surface area (Å²) >= 11 is 3.26. The van der Waals surface area contributed by atoms with Crippen LogP contribution < -0.4 is 10.2 Å². The zero-order valence-electron chi connectivity index (χ0n) is 11.1. The highest BCUT2D eigenvalue weighted by Crippen LogP contribution is 2.26. The first kappa shape index (κ1) is 13.8. The first-order valence-corrected chi connectivity index (χ1v) is 7.23. The molecule has 0 radical (unpaired) electrons. The van der Waals surface area contributed by atoms with Crippen LogP contribution in [0, 0.1) is 11.7 Å². The molecule has 2 atom stereocenters. The van der Waals surface area contributed by atoms with Crippen molar-refractivity contribution in [3.05, 3.63) is 28.5 Å². The van der Waals surface area contributed by atoms with Gasteiger partial charge in [0.2, 0.25) is 0 Å². The number of nitrogens with zero attached hydrogens (tertiary/aromatic N) is 1. The Morgan fingerprint density at radius 3 is 2.78 bits per heavy atom. The van der Waals surface area contributed by atoms with E-state index in [2.05, 4.69) is 46.9 Å². The molecule has 1 aromatic rings. The van der Waals surface area contributed by atoms with Gasteiger partial charge in [-0.15, -0.1) is 0 Å². The van der Waals surface area contributed by atoms with Gasteiger partial charge in [-0.05, 0) is 47.0 Å². The largest absolute Gasteiger partial charge is 0.366 e. The van der Waals surface area contributed by atoms with Crippen LogP contribution in [0.5, 0.6) is 0 Å². The lowest BCUT2D eigenvalue weighted by Gasteiger charge is -2.42. The SMILES string of the molecule is CC(C)C1CN(c2ccc(F)c(Br)c2)C(C)CN1. The van der Waals surface area contributed by atoms with Gasteiger partial charge < -0.3 is 10.2 Å². The molecule has 4 heteroatoms. The van der Waals surface area contributed by atoms with E-state index in [0.29, 0.717) is 22.5 Å². The highest BCUT2D eigenvalue weighted by atomic mass is 79.9. The molecule has 1 aliphatic heterocycles. The maximum Gasteiger partial charge on any atom is 0.137 e. The van der Waals surface area contributed by atoms with E-state index in [-0.39, 0.29) is 5.82 Å². The minimum atomic E-state index is -0.207. The van der Waals surface area contributed by atoms with Crippen LogP contribution in [0.1, 0.15) is 20.8 Å². The Morgan fingerprint density at radius 2 is 2.17 bits per heavy atom. The lowest BCUT2D eigenvalue weighted by atomic mass is 9.99. The third kappa shape index (κ3) is 2.86.